The van der Waals surface area contributed by atoms with Crippen LogP contribution in [0.2, 0.25) is 0 Å². The summed E-state index contributed by atoms with van der Waals surface area (Å²) in [6.45, 7) is -3.36. The van der Waals surface area contributed by atoms with Crippen LogP contribution in [0, 0.1) is 11.8 Å². The third-order valence-electron chi connectivity index (χ3n) is 4.09. The molecule has 6 nitrogen and oxygen atoms in total. The summed E-state index contributed by atoms with van der Waals surface area (Å²) in [4.78, 5) is 39.3. The van der Waals surface area contributed by atoms with Crippen molar-refractivity contribution in [2.45, 2.75) is 45.7 Å². The fraction of sp³-hybridized carbons (Fsp3) is 0.550. The average molecular weight is 369 g/mol. The normalized spacial score (nSPS) is 32.8. The lowest BCUT2D eigenvalue weighted by molar-refractivity contribution is -0.137. The molecule has 0 fully saturated rings. The van der Waals surface area contributed by atoms with Crippen molar-refractivity contribution in [1.82, 2.24) is 10.2 Å². The number of amides is 2. The summed E-state index contributed by atoms with van der Waals surface area (Å²) >= 11 is 0. The van der Waals surface area contributed by atoms with Gasteiger partial charge in [-0.2, -0.15) is 0 Å². The predicted octanol–water partition coefficient (Wildman–Crippen LogP) is 1.47. The Balaban J connectivity index is 2.37. The molecular formula is C20H28N2O4. The van der Waals surface area contributed by atoms with E-state index in [9.17, 15) is 19.5 Å². The van der Waals surface area contributed by atoms with Gasteiger partial charge in [-0.25, -0.2) is 0 Å². The molecule has 1 aromatic rings. The van der Waals surface area contributed by atoms with E-state index >= 15 is 0 Å². The maximum Gasteiger partial charge on any atom is 0.249 e. The minimum absolute atomic E-state index is 0.00451. The molecule has 1 heterocycles. The van der Waals surface area contributed by atoms with Gasteiger partial charge in [-0.1, -0.05) is 45.0 Å². The largest absolute Gasteiger partial charge is 0.385 e. The molecule has 1 aliphatic rings. The highest BCUT2D eigenvalue weighted by Crippen LogP contribution is 2.25. The van der Waals surface area contributed by atoms with Crippen molar-refractivity contribution in [3.8, 4) is 0 Å². The predicted molar refractivity (Wildman–Crippen MR) is 98.3 cm³/mol. The third-order valence-corrected chi connectivity index (χ3v) is 4.09. The van der Waals surface area contributed by atoms with Gasteiger partial charge in [0.05, 0.1) is 1.37 Å². The molecule has 2 amide bonds. The van der Waals surface area contributed by atoms with Crippen LogP contribution in [-0.2, 0) is 20.8 Å². The highest BCUT2D eigenvalue weighted by molar-refractivity contribution is 5.92. The lowest BCUT2D eigenvalue weighted by Crippen LogP contribution is -2.43. The van der Waals surface area contributed by atoms with E-state index in [0.29, 0.717) is 10.5 Å². The summed E-state index contributed by atoms with van der Waals surface area (Å²) < 4.78 is 63.3. The van der Waals surface area contributed by atoms with E-state index in [0.717, 1.165) is 20.9 Å². The highest BCUT2D eigenvalue weighted by Gasteiger charge is 2.32. The summed E-state index contributed by atoms with van der Waals surface area (Å²) in [5.74, 6) is -8.52. The topological polar surface area (TPSA) is 86.7 Å². The number of benzene rings is 1. The first-order valence-electron chi connectivity index (χ1n) is 12.1. The van der Waals surface area contributed by atoms with Gasteiger partial charge in [0, 0.05) is 35.5 Å². The first-order valence-corrected chi connectivity index (χ1v) is 8.08. The summed E-state index contributed by atoms with van der Waals surface area (Å²) in [5, 5.41) is 12.3. The van der Waals surface area contributed by atoms with E-state index in [4.69, 9.17) is 11.0 Å². The van der Waals surface area contributed by atoms with Crippen LogP contribution in [-0.4, -0.2) is 47.3 Å². The van der Waals surface area contributed by atoms with Gasteiger partial charge in [-0.15, -0.1) is 0 Å². The van der Waals surface area contributed by atoms with Gasteiger partial charge in [0.1, 0.15) is 12.1 Å². The van der Waals surface area contributed by atoms with E-state index in [1.807, 2.05) is 0 Å². The van der Waals surface area contributed by atoms with Crippen molar-refractivity contribution < 1.29 is 30.5 Å². The number of fused-ring (bicyclic) bond motifs is 1. The second kappa shape index (κ2) is 8.45. The number of aliphatic hydroxyl groups is 1. The average Bonchev–Trinajstić information content (AvgIpc) is 2.75. The first-order chi connectivity index (χ1) is 15.2. The number of rotatable bonds is 6. The molecule has 0 saturated heterocycles. The molecule has 4 atom stereocenters. The van der Waals surface area contributed by atoms with Crippen molar-refractivity contribution in [2.75, 3.05) is 13.5 Å². The van der Waals surface area contributed by atoms with E-state index in [1.54, 1.807) is 6.07 Å². The van der Waals surface area contributed by atoms with Gasteiger partial charge in [-0.05, 0) is 23.4 Å². The van der Waals surface area contributed by atoms with Gasteiger partial charge >= 0.3 is 0 Å². The number of hydrogen-bond donors (Lipinski definition) is 2. The zero-order valence-corrected chi connectivity index (χ0v) is 14.9. The number of nitrogens with zero attached hydrogens (tertiary/aromatic N) is 1. The van der Waals surface area contributed by atoms with Gasteiger partial charge in [0.15, 0.2) is 5.78 Å². The van der Waals surface area contributed by atoms with E-state index < -0.39 is 61.3 Å². The van der Waals surface area contributed by atoms with E-state index in [1.165, 1.54) is 18.2 Å². The summed E-state index contributed by atoms with van der Waals surface area (Å²) in [6.07, 6.45) is -3.56. The second-order valence-electron chi connectivity index (χ2n) is 6.19. The maximum absolute atomic E-state index is 13.1. The first kappa shape index (κ1) is 11.5. The number of carbonyl (C=O) groups excluding carboxylic acids is 3. The molecule has 2 N–H and O–H groups in total. The number of carbonyl (C=O) groups is 3. The van der Waals surface area contributed by atoms with Crippen molar-refractivity contribution in [3.63, 3.8) is 0 Å². The minimum Gasteiger partial charge on any atom is -0.385 e. The molecule has 26 heavy (non-hydrogen) atoms. The number of ketones is 1. The van der Waals surface area contributed by atoms with Crippen LogP contribution in [0.25, 0.3) is 0 Å². The molecule has 1 aromatic carbocycles. The Kier molecular flexibility index (Phi) is 3.73. The molecule has 0 saturated carbocycles. The van der Waals surface area contributed by atoms with Crippen LogP contribution in [0.1, 0.15) is 55.2 Å². The smallest absolute Gasteiger partial charge is 0.249 e. The molecule has 6 heteroatoms. The third kappa shape index (κ3) is 4.49. The number of likely N-dealkylation sites (N-methyl/N-ethyl adjacent to an activating group) is 1. The van der Waals surface area contributed by atoms with Crippen LogP contribution < -0.4 is 5.32 Å². The number of hydrogen-bond acceptors (Lipinski definition) is 4. The minimum atomic E-state index is -3.02. The maximum atomic E-state index is 13.1. The van der Waals surface area contributed by atoms with Crippen LogP contribution in [0.4, 0.5) is 0 Å². The van der Waals surface area contributed by atoms with E-state index in [-0.39, 0.29) is 12.0 Å². The van der Waals surface area contributed by atoms with Crippen LogP contribution in [0.3, 0.4) is 0 Å². The Morgan fingerprint density at radius 2 is 2.19 bits per heavy atom. The molecule has 1 aliphatic heterocycles. The molecule has 2 rings (SSSR count). The van der Waals surface area contributed by atoms with Gasteiger partial charge in [-0.3, -0.25) is 14.4 Å². The summed E-state index contributed by atoms with van der Waals surface area (Å²) in [7, 11) is 1.15. The van der Waals surface area contributed by atoms with Gasteiger partial charge in [0.25, 0.3) is 0 Å². The Bertz CT molecular complexity index is 995. The van der Waals surface area contributed by atoms with Crippen molar-refractivity contribution in [2.24, 2.45) is 11.8 Å². The standard InChI is InChI=1S/C20H28N2O4/c1-12(2)18(24)16(23)11-13(3)19(25)21-17-15-8-6-5-7-14(15)9-10-22(4)20(17)26/h5-8,12-13,17-18,24H,9-11H2,1-4H3,(H,21,25)/t13-,17+,18+/m1/s1/i1D3,10D2,12D,13D,17D/t12?,13-,17+,18+. The SMILES string of the molecule is [2H]C1([2H])Cc2ccccc2[C@]([2H])(NC(=O)[C@]([2H])(C)CC(=O)[C@@H](O)C([2H])(C)C([2H])([2H])[2H])C(=O)N1C. The monoisotopic (exact) mass is 368 g/mol. The van der Waals surface area contributed by atoms with E-state index in [2.05, 4.69) is 5.32 Å². The van der Waals surface area contributed by atoms with Crippen molar-refractivity contribution >= 4 is 17.6 Å². The van der Waals surface area contributed by atoms with Crippen LogP contribution >= 0.6 is 0 Å². The Hall–Kier alpha value is -2.21. The molecule has 1 unspecified atom stereocenters. The van der Waals surface area contributed by atoms with Crippen LogP contribution in [0.5, 0.6) is 0 Å². The number of nitrogens with one attached hydrogen (secondary N) is 1. The highest BCUT2D eigenvalue weighted by atomic mass is 16.3. The molecule has 0 aliphatic carbocycles. The summed E-state index contributed by atoms with van der Waals surface area (Å²) in [5.41, 5.74) is 0.297. The molecular weight excluding hydrogens is 332 g/mol. The Morgan fingerprint density at radius 1 is 1.50 bits per heavy atom. The lowest BCUT2D eigenvalue weighted by Gasteiger charge is -2.24. The zero-order valence-electron chi connectivity index (χ0n) is 22.9. The molecule has 142 valence electrons. The quantitative estimate of drug-likeness (QED) is 0.796. The second-order valence-corrected chi connectivity index (χ2v) is 6.19. The Labute approximate surface area is 165 Å². The number of Topliss-reactive ketones (excluding diaryl/α,β-unsaturated/α-hetero) is 1. The van der Waals surface area contributed by atoms with Crippen molar-refractivity contribution in [1.29, 1.82) is 0 Å². The van der Waals surface area contributed by atoms with Gasteiger partial charge < -0.3 is 15.3 Å². The number of aryl methyl sites for hydroxylation is 1. The molecule has 0 aromatic heterocycles. The van der Waals surface area contributed by atoms with Crippen LogP contribution in [0.15, 0.2) is 24.3 Å². The zero-order chi connectivity index (χ0) is 26.5. The fourth-order valence-electron chi connectivity index (χ4n) is 2.50. The van der Waals surface area contributed by atoms with Gasteiger partial charge in [0.2, 0.25) is 11.8 Å². The lowest BCUT2D eigenvalue weighted by atomic mass is 9.94. The van der Waals surface area contributed by atoms with Crippen molar-refractivity contribution in [3.05, 3.63) is 35.4 Å². The molecule has 0 radical (unpaired) electrons. The number of aliphatic hydroxyl groups excluding tert-OH is 1. The molecule has 0 spiro atoms. The molecule has 0 bridgehead atoms. The summed E-state index contributed by atoms with van der Waals surface area (Å²) in [6, 6.07) is 3.47. The Morgan fingerprint density at radius 3 is 2.88 bits per heavy atom. The fourth-order valence-corrected chi connectivity index (χ4v) is 2.50.